The Morgan fingerprint density at radius 3 is 2.67 bits per heavy atom. The number of hydrogen-bond acceptors (Lipinski definition) is 9. The molecule has 2 saturated carbocycles. The van der Waals surface area contributed by atoms with Crippen LogP contribution in [0.15, 0.2) is 41.3 Å². The lowest BCUT2D eigenvalue weighted by Crippen LogP contribution is -2.47. The van der Waals surface area contributed by atoms with Crippen molar-refractivity contribution in [1.29, 1.82) is 5.26 Å². The number of nitrogens with one attached hydrogen (secondary N) is 3. The molecular weight excluding hydrogens is 569 g/mol. The fourth-order valence-corrected chi connectivity index (χ4v) is 8.50. The molecule has 1 aromatic heterocycles. The molecule has 3 aromatic rings. The molecule has 2 atom stereocenters. The smallest absolute Gasteiger partial charge is 0.264 e. The van der Waals surface area contributed by atoms with Gasteiger partial charge in [0.1, 0.15) is 16.7 Å². The van der Waals surface area contributed by atoms with E-state index >= 15 is 0 Å². The van der Waals surface area contributed by atoms with Crippen molar-refractivity contribution in [3.8, 4) is 11.8 Å². The Labute approximate surface area is 253 Å². The van der Waals surface area contributed by atoms with Gasteiger partial charge in [0, 0.05) is 17.8 Å². The van der Waals surface area contributed by atoms with Crippen molar-refractivity contribution >= 4 is 42.4 Å². The Kier molecular flexibility index (Phi) is 10.2. The number of thiazole rings is 1. The summed E-state index contributed by atoms with van der Waals surface area (Å²) in [6.07, 6.45) is 10.6. The summed E-state index contributed by atoms with van der Waals surface area (Å²) in [6, 6.07) is 13.3. The summed E-state index contributed by atoms with van der Waals surface area (Å²) in [5, 5.41) is 17.0. The standard InChI is InChI=1S/C31H42N6O3S2/c1-33-16-7-17-37(2)28-11-6-5-10-26(28)34-24-12-15-30(23(18-24)20-32)42(38,39)36-31-35-27-14-13-25(19-29(27)41-31)40-21-22-8-3-4-9-22/h12-15,18-19,22,26,28,33-34H,3-11,16-17,21H2,1-2H3,(H,35,36)/t26-,28-/m0/s1. The molecule has 2 aliphatic rings. The maximum atomic E-state index is 13.4. The molecule has 2 fully saturated rings. The van der Waals surface area contributed by atoms with E-state index in [1.165, 1.54) is 49.5 Å². The molecule has 3 N–H and O–H groups in total. The number of benzene rings is 2. The van der Waals surface area contributed by atoms with Crippen LogP contribution in [0.2, 0.25) is 0 Å². The largest absolute Gasteiger partial charge is 0.493 e. The maximum absolute atomic E-state index is 13.4. The molecule has 0 aliphatic heterocycles. The minimum absolute atomic E-state index is 0.0558. The van der Waals surface area contributed by atoms with Gasteiger partial charge in [0.05, 0.1) is 22.4 Å². The number of nitrogens with zero attached hydrogens (tertiary/aromatic N) is 3. The van der Waals surface area contributed by atoms with Gasteiger partial charge in [-0.2, -0.15) is 5.26 Å². The Morgan fingerprint density at radius 1 is 1.10 bits per heavy atom. The molecule has 0 bridgehead atoms. The Bertz CT molecular complexity index is 1500. The number of hydrogen-bond donors (Lipinski definition) is 3. The Morgan fingerprint density at radius 2 is 1.88 bits per heavy atom. The second-order valence-corrected chi connectivity index (χ2v) is 14.3. The first-order chi connectivity index (χ1) is 20.4. The average molecular weight is 611 g/mol. The average Bonchev–Trinajstić information content (AvgIpc) is 3.65. The van der Waals surface area contributed by atoms with Crippen LogP contribution in [0.3, 0.4) is 0 Å². The number of likely N-dealkylation sites (N-methyl/N-ethyl adjacent to an activating group) is 1. The molecule has 42 heavy (non-hydrogen) atoms. The van der Waals surface area contributed by atoms with Crippen LogP contribution in [0.25, 0.3) is 10.2 Å². The first-order valence-corrected chi connectivity index (χ1v) is 17.4. The van der Waals surface area contributed by atoms with E-state index in [1.54, 1.807) is 12.1 Å². The van der Waals surface area contributed by atoms with Crippen LogP contribution in [0.1, 0.15) is 63.4 Å². The van der Waals surface area contributed by atoms with Crippen LogP contribution in [-0.4, -0.2) is 64.2 Å². The van der Waals surface area contributed by atoms with Crippen LogP contribution in [0, 0.1) is 17.2 Å². The first kappa shape index (κ1) is 30.5. The fraction of sp³-hybridized carbons (Fsp3) is 0.548. The van der Waals surface area contributed by atoms with Crippen molar-refractivity contribution in [1.82, 2.24) is 15.2 Å². The molecule has 0 amide bonds. The molecule has 9 nitrogen and oxygen atoms in total. The molecule has 0 saturated heterocycles. The number of ether oxygens (including phenoxy) is 1. The van der Waals surface area contributed by atoms with E-state index in [0.29, 0.717) is 24.1 Å². The molecule has 11 heteroatoms. The third kappa shape index (κ3) is 7.53. The van der Waals surface area contributed by atoms with E-state index in [0.717, 1.165) is 54.9 Å². The predicted molar refractivity (Wildman–Crippen MR) is 170 cm³/mol. The van der Waals surface area contributed by atoms with Crippen molar-refractivity contribution in [2.45, 2.75) is 74.8 Å². The van der Waals surface area contributed by atoms with Gasteiger partial charge in [-0.25, -0.2) is 13.4 Å². The summed E-state index contributed by atoms with van der Waals surface area (Å²) in [5.41, 5.74) is 1.56. The minimum atomic E-state index is -4.02. The van der Waals surface area contributed by atoms with E-state index < -0.39 is 10.0 Å². The zero-order valence-electron chi connectivity index (χ0n) is 24.6. The van der Waals surface area contributed by atoms with Gasteiger partial charge in [-0.3, -0.25) is 4.72 Å². The highest BCUT2D eigenvalue weighted by atomic mass is 32.2. The molecule has 2 aromatic carbocycles. The summed E-state index contributed by atoms with van der Waals surface area (Å²) in [4.78, 5) is 6.84. The van der Waals surface area contributed by atoms with Crippen molar-refractivity contribution in [3.05, 3.63) is 42.0 Å². The van der Waals surface area contributed by atoms with Crippen LogP contribution >= 0.6 is 11.3 Å². The van der Waals surface area contributed by atoms with E-state index in [1.807, 2.05) is 25.2 Å². The van der Waals surface area contributed by atoms with Gasteiger partial charge in [-0.05, 0) is 102 Å². The number of fused-ring (bicyclic) bond motifs is 1. The summed E-state index contributed by atoms with van der Waals surface area (Å²) in [5.74, 6) is 1.38. The van der Waals surface area contributed by atoms with Gasteiger partial charge in [0.2, 0.25) is 0 Å². The van der Waals surface area contributed by atoms with E-state index in [4.69, 9.17) is 4.74 Å². The minimum Gasteiger partial charge on any atom is -0.493 e. The summed E-state index contributed by atoms with van der Waals surface area (Å²) >= 11 is 1.26. The zero-order chi connectivity index (χ0) is 29.5. The topological polar surface area (TPSA) is 119 Å². The molecule has 0 spiro atoms. The number of nitriles is 1. The van der Waals surface area contributed by atoms with E-state index in [2.05, 4.69) is 38.4 Å². The highest BCUT2D eigenvalue weighted by Crippen LogP contribution is 2.33. The fourth-order valence-electron chi connectivity index (χ4n) is 6.23. The van der Waals surface area contributed by atoms with Crippen molar-refractivity contribution < 1.29 is 13.2 Å². The van der Waals surface area contributed by atoms with Gasteiger partial charge in [0.15, 0.2) is 5.13 Å². The lowest BCUT2D eigenvalue weighted by Gasteiger charge is -2.39. The van der Waals surface area contributed by atoms with E-state index in [9.17, 15) is 13.7 Å². The monoisotopic (exact) mass is 610 g/mol. The highest BCUT2D eigenvalue weighted by molar-refractivity contribution is 7.93. The summed E-state index contributed by atoms with van der Waals surface area (Å²) in [7, 11) is 0.127. The van der Waals surface area contributed by atoms with E-state index in [-0.39, 0.29) is 21.6 Å². The molecule has 0 unspecified atom stereocenters. The summed E-state index contributed by atoms with van der Waals surface area (Å²) in [6.45, 7) is 2.70. The molecule has 0 radical (unpaired) electrons. The third-order valence-corrected chi connectivity index (χ3v) is 11.0. The number of aromatic nitrogens is 1. The normalized spacial score (nSPS) is 19.7. The summed E-state index contributed by atoms with van der Waals surface area (Å²) < 4.78 is 36.2. The zero-order valence-corrected chi connectivity index (χ0v) is 26.2. The first-order valence-electron chi connectivity index (χ1n) is 15.1. The van der Waals surface area contributed by atoms with Crippen LogP contribution in [-0.2, 0) is 10.0 Å². The number of rotatable bonds is 13. The van der Waals surface area contributed by atoms with Gasteiger partial charge < -0.3 is 20.3 Å². The highest BCUT2D eigenvalue weighted by Gasteiger charge is 2.29. The van der Waals surface area contributed by atoms with Crippen molar-refractivity contribution in [3.63, 3.8) is 0 Å². The number of anilines is 2. The molecular formula is C31H42N6O3S2. The van der Waals surface area contributed by atoms with Gasteiger partial charge in [-0.15, -0.1) is 0 Å². The Balaban J connectivity index is 1.26. The van der Waals surface area contributed by atoms with Crippen molar-refractivity contribution in [2.75, 3.05) is 43.8 Å². The van der Waals surface area contributed by atoms with Crippen LogP contribution < -0.4 is 20.1 Å². The van der Waals surface area contributed by atoms with Crippen molar-refractivity contribution in [2.24, 2.45) is 5.92 Å². The second-order valence-electron chi connectivity index (χ2n) is 11.6. The van der Waals surface area contributed by atoms with Gasteiger partial charge >= 0.3 is 0 Å². The Hall–Kier alpha value is -2.91. The molecule has 226 valence electrons. The van der Waals surface area contributed by atoms with Gasteiger partial charge in [0.25, 0.3) is 10.0 Å². The molecule has 1 heterocycles. The predicted octanol–water partition coefficient (Wildman–Crippen LogP) is 5.80. The number of sulfonamides is 1. The SMILES string of the molecule is CNCCCN(C)[C@H]1CCCC[C@@H]1Nc1ccc(S(=O)(=O)Nc2nc3ccc(OCC4CCCC4)cc3s2)c(C#N)c1. The lowest BCUT2D eigenvalue weighted by atomic mass is 9.89. The quantitative estimate of drug-likeness (QED) is 0.208. The third-order valence-electron chi connectivity index (χ3n) is 8.52. The second kappa shape index (κ2) is 14.0. The lowest BCUT2D eigenvalue weighted by molar-refractivity contribution is 0.176. The van der Waals surface area contributed by atoms with Crippen LogP contribution in [0.5, 0.6) is 5.75 Å². The maximum Gasteiger partial charge on any atom is 0.264 e. The van der Waals surface area contributed by atoms with Gasteiger partial charge in [-0.1, -0.05) is 37.0 Å². The molecule has 2 aliphatic carbocycles. The van der Waals surface area contributed by atoms with Crippen LogP contribution in [0.4, 0.5) is 10.8 Å². The molecule has 5 rings (SSSR count).